The molecule has 1 aromatic heterocycles. The predicted molar refractivity (Wildman–Crippen MR) is 104 cm³/mol. The highest BCUT2D eigenvalue weighted by Crippen LogP contribution is 2.27. The van der Waals surface area contributed by atoms with Gasteiger partial charge in [0.05, 0.1) is 11.3 Å². The van der Waals surface area contributed by atoms with Crippen LogP contribution in [0.1, 0.15) is 24.2 Å². The molecule has 1 aromatic carbocycles. The summed E-state index contributed by atoms with van der Waals surface area (Å²) in [6.45, 7) is 3.93. The zero-order valence-corrected chi connectivity index (χ0v) is 15.3. The SMILES string of the molecule is CCc1c(C)[n+](CC(=O)Nc2ccccc2)c2n(c1=O)C1C=CC=CC1=N2. The number of nitrogens with one attached hydrogen (secondary N) is 1. The molecule has 1 aliphatic carbocycles. The van der Waals surface area contributed by atoms with E-state index in [0.29, 0.717) is 17.9 Å². The van der Waals surface area contributed by atoms with E-state index in [9.17, 15) is 9.59 Å². The fraction of sp³-hybridized carbons (Fsp3) is 0.238. The number of benzene rings is 1. The molecule has 0 spiro atoms. The van der Waals surface area contributed by atoms with E-state index < -0.39 is 0 Å². The molecule has 0 saturated heterocycles. The van der Waals surface area contributed by atoms with Gasteiger partial charge in [0.2, 0.25) is 0 Å². The highest BCUT2D eigenvalue weighted by Gasteiger charge is 2.38. The van der Waals surface area contributed by atoms with E-state index in [2.05, 4.69) is 10.3 Å². The third-order valence-corrected chi connectivity index (χ3v) is 4.97. The van der Waals surface area contributed by atoms with Crippen molar-refractivity contribution in [1.29, 1.82) is 0 Å². The molecule has 2 aromatic rings. The third kappa shape index (κ3) is 2.93. The molecule has 1 N–H and O–H groups in total. The Balaban J connectivity index is 1.77. The maximum Gasteiger partial charge on any atom is 0.403 e. The number of anilines is 1. The molecule has 136 valence electrons. The highest BCUT2D eigenvalue weighted by atomic mass is 16.2. The molecule has 1 unspecified atom stereocenters. The quantitative estimate of drug-likeness (QED) is 0.850. The fourth-order valence-corrected chi connectivity index (χ4v) is 3.62. The van der Waals surface area contributed by atoms with Crippen LogP contribution in [0, 0.1) is 6.92 Å². The van der Waals surface area contributed by atoms with Crippen LogP contribution in [-0.4, -0.2) is 16.2 Å². The van der Waals surface area contributed by atoms with E-state index in [1.807, 2.05) is 73.1 Å². The van der Waals surface area contributed by atoms with Gasteiger partial charge in [-0.2, -0.15) is 4.57 Å². The number of hydrogen-bond donors (Lipinski definition) is 1. The zero-order chi connectivity index (χ0) is 19.0. The summed E-state index contributed by atoms with van der Waals surface area (Å²) in [6.07, 6.45) is 8.30. The first kappa shape index (κ1) is 17.1. The van der Waals surface area contributed by atoms with Crippen molar-refractivity contribution in [3.8, 4) is 0 Å². The first-order chi connectivity index (χ1) is 13.1. The molecule has 1 amide bonds. The number of fused-ring (bicyclic) bond motifs is 3. The summed E-state index contributed by atoms with van der Waals surface area (Å²) in [5.74, 6) is 0.369. The molecule has 6 nitrogen and oxygen atoms in total. The lowest BCUT2D eigenvalue weighted by Crippen LogP contribution is -2.49. The standard InChI is InChI=1S/C21H20N4O2/c1-3-16-14(2)24(13-19(26)22-15-9-5-4-6-10-15)21-23-17-11-7-8-12-18(17)25(21)20(16)27/h4-12,18H,3,13H2,1-2H3/p+1. The fourth-order valence-electron chi connectivity index (χ4n) is 3.62. The summed E-state index contributed by atoms with van der Waals surface area (Å²) in [5.41, 5.74) is 3.03. The summed E-state index contributed by atoms with van der Waals surface area (Å²) in [7, 11) is 0. The number of carbonyl (C=O) groups excluding carboxylic acids is 1. The molecule has 0 saturated carbocycles. The number of hydrogen-bond acceptors (Lipinski definition) is 3. The Hall–Kier alpha value is -3.28. The number of aliphatic imine (C=N–C) groups is 1. The Morgan fingerprint density at radius 1 is 1.26 bits per heavy atom. The summed E-state index contributed by atoms with van der Waals surface area (Å²) in [5, 5.41) is 2.90. The van der Waals surface area contributed by atoms with Gasteiger partial charge < -0.3 is 5.32 Å². The van der Waals surface area contributed by atoms with Gasteiger partial charge in [0, 0.05) is 5.69 Å². The topological polar surface area (TPSA) is 67.3 Å². The largest absolute Gasteiger partial charge is 0.403 e. The van der Waals surface area contributed by atoms with Crippen molar-refractivity contribution in [3.05, 3.63) is 76.2 Å². The molecule has 2 aliphatic rings. The minimum atomic E-state index is -0.202. The van der Waals surface area contributed by atoms with Gasteiger partial charge in [-0.25, -0.2) is 4.57 Å². The van der Waals surface area contributed by atoms with Crippen LogP contribution in [0.2, 0.25) is 0 Å². The van der Waals surface area contributed by atoms with Gasteiger partial charge in [-0.3, -0.25) is 9.59 Å². The van der Waals surface area contributed by atoms with E-state index in [0.717, 1.165) is 17.1 Å². The van der Waals surface area contributed by atoms with E-state index in [1.165, 1.54) is 0 Å². The first-order valence-corrected chi connectivity index (χ1v) is 9.06. The Morgan fingerprint density at radius 3 is 2.78 bits per heavy atom. The van der Waals surface area contributed by atoms with Crippen LogP contribution in [0.25, 0.3) is 0 Å². The van der Waals surface area contributed by atoms with Gasteiger partial charge in [0.15, 0.2) is 18.3 Å². The first-order valence-electron chi connectivity index (χ1n) is 9.06. The Labute approximate surface area is 157 Å². The summed E-state index contributed by atoms with van der Waals surface area (Å²) in [4.78, 5) is 30.3. The van der Waals surface area contributed by atoms with Crippen molar-refractivity contribution in [3.63, 3.8) is 0 Å². The second kappa shape index (κ2) is 6.79. The van der Waals surface area contributed by atoms with Crippen molar-refractivity contribution in [2.45, 2.75) is 32.9 Å². The second-order valence-electron chi connectivity index (χ2n) is 6.62. The van der Waals surface area contributed by atoms with E-state index in [4.69, 9.17) is 0 Å². The lowest BCUT2D eigenvalue weighted by atomic mass is 10.1. The highest BCUT2D eigenvalue weighted by molar-refractivity contribution is 6.03. The summed E-state index contributed by atoms with van der Waals surface area (Å²) >= 11 is 0. The van der Waals surface area contributed by atoms with Gasteiger partial charge in [-0.05, 0) is 37.6 Å². The number of amides is 1. The molecule has 1 atom stereocenters. The molecule has 0 bridgehead atoms. The van der Waals surface area contributed by atoms with Gasteiger partial charge >= 0.3 is 11.5 Å². The van der Waals surface area contributed by atoms with E-state index in [-0.39, 0.29) is 24.1 Å². The molecular weight excluding hydrogens is 340 g/mol. The van der Waals surface area contributed by atoms with Gasteiger partial charge in [0.25, 0.3) is 5.91 Å². The molecule has 4 rings (SSSR count). The monoisotopic (exact) mass is 361 g/mol. The number of carbonyl (C=O) groups is 1. The van der Waals surface area contributed by atoms with Crippen LogP contribution < -0.4 is 15.4 Å². The van der Waals surface area contributed by atoms with Crippen LogP contribution >= 0.6 is 0 Å². The predicted octanol–water partition coefficient (Wildman–Crippen LogP) is 2.40. The summed E-state index contributed by atoms with van der Waals surface area (Å²) in [6, 6.07) is 9.13. The van der Waals surface area contributed by atoms with Crippen LogP contribution in [0.4, 0.5) is 11.6 Å². The van der Waals surface area contributed by atoms with Crippen molar-refractivity contribution in [2.24, 2.45) is 4.99 Å². The third-order valence-electron chi connectivity index (χ3n) is 4.97. The zero-order valence-electron chi connectivity index (χ0n) is 15.3. The van der Waals surface area contributed by atoms with Crippen LogP contribution in [0.3, 0.4) is 0 Å². The van der Waals surface area contributed by atoms with Crippen molar-refractivity contribution < 1.29 is 9.36 Å². The molecule has 0 radical (unpaired) electrons. The average Bonchev–Trinajstić information content (AvgIpc) is 3.06. The maximum absolute atomic E-state index is 13.0. The molecule has 2 heterocycles. The van der Waals surface area contributed by atoms with E-state index >= 15 is 0 Å². The van der Waals surface area contributed by atoms with Crippen LogP contribution in [-0.2, 0) is 17.8 Å². The Bertz CT molecular complexity index is 1060. The lowest BCUT2D eigenvalue weighted by Gasteiger charge is -2.14. The molecule has 27 heavy (non-hydrogen) atoms. The second-order valence-corrected chi connectivity index (χ2v) is 6.62. The minimum absolute atomic E-state index is 0.0339. The molecule has 1 aliphatic heterocycles. The maximum atomic E-state index is 13.0. The number of rotatable bonds is 4. The van der Waals surface area contributed by atoms with Crippen LogP contribution in [0.15, 0.2) is 64.4 Å². The van der Waals surface area contributed by atoms with Gasteiger partial charge in [0.1, 0.15) is 0 Å². The smallest absolute Gasteiger partial charge is 0.323 e. The van der Waals surface area contributed by atoms with Gasteiger partial charge in [-0.15, -0.1) is 0 Å². The number of allylic oxidation sites excluding steroid dienone is 4. The molecule has 0 fully saturated rings. The van der Waals surface area contributed by atoms with E-state index in [1.54, 1.807) is 4.57 Å². The normalized spacial score (nSPS) is 16.7. The Morgan fingerprint density at radius 2 is 2.04 bits per heavy atom. The molecule has 6 heteroatoms. The minimum Gasteiger partial charge on any atom is -0.323 e. The average molecular weight is 361 g/mol. The van der Waals surface area contributed by atoms with Gasteiger partial charge in [-0.1, -0.05) is 42.3 Å². The van der Waals surface area contributed by atoms with Crippen LogP contribution in [0.5, 0.6) is 0 Å². The van der Waals surface area contributed by atoms with Crippen molar-refractivity contribution in [2.75, 3.05) is 5.32 Å². The Kier molecular flexibility index (Phi) is 4.32. The lowest BCUT2D eigenvalue weighted by molar-refractivity contribution is -0.681. The molecular formula is C21H21N4O2+. The van der Waals surface area contributed by atoms with Crippen molar-refractivity contribution >= 4 is 23.3 Å². The number of para-hydroxylation sites is 1. The number of nitrogens with zero attached hydrogens (tertiary/aromatic N) is 3. The number of aromatic nitrogens is 2. The summed E-state index contributed by atoms with van der Waals surface area (Å²) < 4.78 is 3.53. The van der Waals surface area contributed by atoms with Crippen molar-refractivity contribution in [1.82, 2.24) is 4.57 Å².